The predicted molar refractivity (Wildman–Crippen MR) is 187 cm³/mol. The normalized spacial score (nSPS) is 13.8. The lowest BCUT2D eigenvalue weighted by molar-refractivity contribution is -0.154. The summed E-state index contributed by atoms with van der Waals surface area (Å²) < 4.78 is 33.2. The van der Waals surface area contributed by atoms with Crippen molar-refractivity contribution in [3.8, 4) is 0 Å². The van der Waals surface area contributed by atoms with Crippen LogP contribution in [-0.4, -0.2) is 49.9 Å². The quantitative estimate of drug-likeness (QED) is 0.0295. The van der Waals surface area contributed by atoms with Crippen molar-refractivity contribution in [2.75, 3.05) is 33.0 Å². The van der Waals surface area contributed by atoms with Crippen LogP contribution >= 0.6 is 7.82 Å². The molecule has 0 aliphatic rings. The number of nitrogens with two attached hydrogens (primary N) is 1. The Morgan fingerprint density at radius 3 is 1.62 bits per heavy atom. The van der Waals surface area contributed by atoms with E-state index in [2.05, 4.69) is 26.0 Å². The van der Waals surface area contributed by atoms with Gasteiger partial charge in [0.25, 0.3) is 0 Å². The van der Waals surface area contributed by atoms with E-state index in [1.807, 2.05) is 0 Å². The lowest BCUT2D eigenvalue weighted by Gasteiger charge is -2.20. The van der Waals surface area contributed by atoms with Crippen molar-refractivity contribution >= 4 is 13.8 Å². The van der Waals surface area contributed by atoms with Gasteiger partial charge in [-0.25, -0.2) is 4.57 Å². The lowest BCUT2D eigenvalue weighted by Crippen LogP contribution is -2.28. The Morgan fingerprint density at radius 2 is 1.11 bits per heavy atom. The van der Waals surface area contributed by atoms with E-state index in [0.717, 1.165) is 32.1 Å². The van der Waals surface area contributed by atoms with Crippen molar-refractivity contribution in [1.82, 2.24) is 0 Å². The highest BCUT2D eigenvalue weighted by Crippen LogP contribution is 2.43. The Kier molecular flexibility index (Phi) is 34.0. The van der Waals surface area contributed by atoms with Crippen LogP contribution in [0.15, 0.2) is 12.2 Å². The lowest BCUT2D eigenvalue weighted by atomic mass is 10.1. The number of esters is 1. The molecule has 0 aromatic carbocycles. The molecule has 3 N–H and O–H groups in total. The Labute approximate surface area is 277 Å². The number of hydrogen-bond acceptors (Lipinski definition) is 7. The molecule has 0 radical (unpaired) electrons. The molecule has 45 heavy (non-hydrogen) atoms. The van der Waals surface area contributed by atoms with Crippen molar-refractivity contribution < 1.29 is 32.8 Å². The van der Waals surface area contributed by atoms with Crippen LogP contribution in [0.4, 0.5) is 0 Å². The molecule has 0 saturated heterocycles. The van der Waals surface area contributed by atoms with Crippen molar-refractivity contribution in [2.24, 2.45) is 5.73 Å². The van der Waals surface area contributed by atoms with Crippen LogP contribution < -0.4 is 5.73 Å². The smallest absolute Gasteiger partial charge is 0.457 e. The van der Waals surface area contributed by atoms with Gasteiger partial charge in [0.05, 0.1) is 19.8 Å². The van der Waals surface area contributed by atoms with Crippen molar-refractivity contribution in [1.29, 1.82) is 0 Å². The molecule has 2 unspecified atom stereocenters. The third-order valence-corrected chi connectivity index (χ3v) is 8.92. The molecule has 0 bridgehead atoms. The number of hydrogen-bond donors (Lipinski definition) is 2. The highest BCUT2D eigenvalue weighted by molar-refractivity contribution is 7.47. The molecule has 0 aliphatic heterocycles. The number of carbonyl (C=O) groups excluding carboxylic acids is 1. The zero-order chi connectivity index (χ0) is 33.1. The van der Waals surface area contributed by atoms with E-state index in [-0.39, 0.29) is 32.3 Å². The van der Waals surface area contributed by atoms with E-state index >= 15 is 0 Å². The molecular weight excluding hydrogens is 589 g/mol. The van der Waals surface area contributed by atoms with Gasteiger partial charge in [0.15, 0.2) is 0 Å². The Hall–Kier alpha value is -0.760. The third-order valence-electron chi connectivity index (χ3n) is 7.93. The SMILES string of the molecule is CCCCCCCCC/C=C\CCCCCCCCOCC(COP(=O)(O)OCCN)OC(=O)CCCCCCCCCCC. The fourth-order valence-electron chi connectivity index (χ4n) is 5.17. The van der Waals surface area contributed by atoms with Crippen LogP contribution in [0.2, 0.25) is 0 Å². The van der Waals surface area contributed by atoms with Crippen molar-refractivity contribution in [3.63, 3.8) is 0 Å². The van der Waals surface area contributed by atoms with Gasteiger partial charge in [-0.2, -0.15) is 0 Å². The van der Waals surface area contributed by atoms with Gasteiger partial charge in [-0.3, -0.25) is 13.8 Å². The molecule has 0 spiro atoms. The molecule has 0 saturated carbocycles. The minimum atomic E-state index is -4.26. The van der Waals surface area contributed by atoms with Crippen molar-refractivity contribution in [2.45, 2.75) is 180 Å². The summed E-state index contributed by atoms with van der Waals surface area (Å²) in [6.45, 7) is 4.89. The molecule has 2 atom stereocenters. The van der Waals surface area contributed by atoms with E-state index in [0.29, 0.717) is 13.0 Å². The molecular formula is C36H72NO7P. The van der Waals surface area contributed by atoms with Crippen LogP contribution in [0.5, 0.6) is 0 Å². The second-order valence-corrected chi connectivity index (χ2v) is 13.9. The molecule has 0 aromatic rings. The molecule has 9 heteroatoms. The average Bonchev–Trinajstić information content (AvgIpc) is 3.02. The van der Waals surface area contributed by atoms with Crippen LogP contribution in [-0.2, 0) is 27.9 Å². The summed E-state index contributed by atoms with van der Waals surface area (Å²) in [5.74, 6) is -0.335. The van der Waals surface area contributed by atoms with Gasteiger partial charge < -0.3 is 20.1 Å². The van der Waals surface area contributed by atoms with E-state index < -0.39 is 13.9 Å². The summed E-state index contributed by atoms with van der Waals surface area (Å²) in [4.78, 5) is 22.3. The first-order chi connectivity index (χ1) is 21.9. The van der Waals surface area contributed by atoms with Gasteiger partial charge in [0.2, 0.25) is 0 Å². The molecule has 0 aromatic heterocycles. The first-order valence-electron chi connectivity index (χ1n) is 18.7. The monoisotopic (exact) mass is 662 g/mol. The maximum Gasteiger partial charge on any atom is 0.472 e. The zero-order valence-electron chi connectivity index (χ0n) is 29.4. The molecule has 0 rings (SSSR count). The Bertz CT molecular complexity index is 707. The Balaban J connectivity index is 4.03. The maximum absolute atomic E-state index is 12.4. The second kappa shape index (κ2) is 34.6. The molecule has 268 valence electrons. The molecule has 0 heterocycles. The van der Waals surface area contributed by atoms with Gasteiger partial charge in [-0.15, -0.1) is 0 Å². The largest absolute Gasteiger partial charge is 0.472 e. The van der Waals surface area contributed by atoms with E-state index in [4.69, 9.17) is 24.3 Å². The van der Waals surface area contributed by atoms with E-state index in [1.54, 1.807) is 0 Å². The number of rotatable bonds is 36. The summed E-state index contributed by atoms with van der Waals surface area (Å²) >= 11 is 0. The zero-order valence-corrected chi connectivity index (χ0v) is 30.3. The summed E-state index contributed by atoms with van der Waals surface area (Å²) in [7, 11) is -4.26. The molecule has 0 fully saturated rings. The third kappa shape index (κ3) is 34.4. The van der Waals surface area contributed by atoms with E-state index in [1.165, 1.54) is 122 Å². The van der Waals surface area contributed by atoms with Gasteiger partial charge in [-0.05, 0) is 38.5 Å². The standard InChI is InChI=1S/C36H72NO7P/c1-3-5-7-9-11-13-14-15-16-17-18-19-20-22-24-26-28-31-41-33-35(34-43-45(39,40)42-32-30-37)44-36(38)29-27-25-23-21-12-10-8-6-4-2/h16-17,35H,3-15,18-34,37H2,1-2H3,(H,39,40)/b17-16-. The summed E-state index contributed by atoms with van der Waals surface area (Å²) in [6.07, 6.45) is 33.7. The van der Waals surface area contributed by atoms with Crippen LogP contribution in [0, 0.1) is 0 Å². The van der Waals surface area contributed by atoms with Gasteiger partial charge in [0, 0.05) is 19.6 Å². The predicted octanol–water partition coefficient (Wildman–Crippen LogP) is 10.4. The van der Waals surface area contributed by atoms with Crippen LogP contribution in [0.25, 0.3) is 0 Å². The van der Waals surface area contributed by atoms with Crippen LogP contribution in [0.3, 0.4) is 0 Å². The molecule has 8 nitrogen and oxygen atoms in total. The number of phosphoric ester groups is 1. The fourth-order valence-corrected chi connectivity index (χ4v) is 5.93. The van der Waals surface area contributed by atoms with Crippen molar-refractivity contribution in [3.05, 3.63) is 12.2 Å². The second-order valence-electron chi connectivity index (χ2n) is 12.4. The maximum atomic E-state index is 12.4. The van der Waals surface area contributed by atoms with Gasteiger partial charge >= 0.3 is 13.8 Å². The summed E-state index contributed by atoms with van der Waals surface area (Å²) in [5, 5.41) is 0. The number of allylic oxidation sites excluding steroid dienone is 2. The minimum absolute atomic E-state index is 0.0939. The summed E-state index contributed by atoms with van der Waals surface area (Å²) in [6, 6.07) is 0. The van der Waals surface area contributed by atoms with Crippen LogP contribution in [0.1, 0.15) is 174 Å². The average molecular weight is 662 g/mol. The van der Waals surface area contributed by atoms with Gasteiger partial charge in [0.1, 0.15) is 6.10 Å². The number of phosphoric acid groups is 1. The highest BCUT2D eigenvalue weighted by atomic mass is 31.2. The molecule has 0 amide bonds. The minimum Gasteiger partial charge on any atom is -0.457 e. The number of unbranched alkanes of at least 4 members (excludes halogenated alkanes) is 21. The first kappa shape index (κ1) is 44.2. The first-order valence-corrected chi connectivity index (χ1v) is 20.2. The number of carbonyl (C=O) groups is 1. The highest BCUT2D eigenvalue weighted by Gasteiger charge is 2.25. The topological polar surface area (TPSA) is 117 Å². The number of ether oxygens (including phenoxy) is 2. The van der Waals surface area contributed by atoms with E-state index in [9.17, 15) is 14.3 Å². The Morgan fingerprint density at radius 1 is 0.644 bits per heavy atom. The molecule has 0 aliphatic carbocycles. The fraction of sp³-hybridized carbons (Fsp3) is 0.917. The summed E-state index contributed by atoms with van der Waals surface area (Å²) in [5.41, 5.74) is 5.34. The van der Waals surface area contributed by atoms with Gasteiger partial charge in [-0.1, -0.05) is 142 Å².